The normalized spacial score (nSPS) is 36.2. The van der Waals surface area contributed by atoms with Crippen molar-refractivity contribution in [3.8, 4) is 0 Å². The van der Waals surface area contributed by atoms with Crippen LogP contribution >= 0.6 is 0 Å². The van der Waals surface area contributed by atoms with Crippen LogP contribution in [0, 0.1) is 11.8 Å². The van der Waals surface area contributed by atoms with Gasteiger partial charge in [0.25, 0.3) is 0 Å². The highest BCUT2D eigenvalue weighted by Crippen LogP contribution is 2.29. The molecule has 0 aliphatic heterocycles. The lowest BCUT2D eigenvalue weighted by molar-refractivity contribution is -0.0215. The Labute approximate surface area is 98.5 Å². The molecule has 0 aromatic rings. The first kappa shape index (κ1) is 13.9. The Hall–Kier alpha value is -0.130. The Bertz CT molecular complexity index is 303. The smallest absolute Gasteiger partial charge is 0.149 e. The summed E-state index contributed by atoms with van der Waals surface area (Å²) in [7, 11) is -2.94. The fourth-order valence-corrected chi connectivity index (χ4v) is 2.91. The van der Waals surface area contributed by atoms with Crippen LogP contribution in [0.3, 0.4) is 0 Å². The molecule has 1 fully saturated rings. The van der Waals surface area contributed by atoms with E-state index in [0.29, 0.717) is 11.8 Å². The first-order chi connectivity index (χ1) is 7.29. The fraction of sp³-hybridized carbons (Fsp3) is 1.00. The highest BCUT2D eigenvalue weighted by molar-refractivity contribution is 7.90. The number of rotatable bonds is 4. The third kappa shape index (κ3) is 4.39. The minimum Gasteiger partial charge on any atom is -0.375 e. The number of hydrogen-bond donors (Lipinski definition) is 1. The molecule has 0 amide bonds. The molecule has 4 nitrogen and oxygen atoms in total. The maximum Gasteiger partial charge on any atom is 0.149 e. The lowest BCUT2D eigenvalue weighted by Gasteiger charge is -2.37. The van der Waals surface area contributed by atoms with Gasteiger partial charge >= 0.3 is 0 Å². The average Bonchev–Trinajstić information content (AvgIpc) is 2.07. The van der Waals surface area contributed by atoms with Crippen molar-refractivity contribution in [3.05, 3.63) is 0 Å². The van der Waals surface area contributed by atoms with Crippen molar-refractivity contribution in [1.29, 1.82) is 0 Å². The van der Waals surface area contributed by atoms with Crippen molar-refractivity contribution in [2.75, 3.05) is 18.6 Å². The van der Waals surface area contributed by atoms with E-state index in [1.54, 1.807) is 0 Å². The van der Waals surface area contributed by atoms with Crippen LogP contribution in [-0.4, -0.2) is 39.2 Å². The van der Waals surface area contributed by atoms with Crippen molar-refractivity contribution in [2.45, 2.75) is 38.8 Å². The van der Waals surface area contributed by atoms with Gasteiger partial charge in [-0.15, -0.1) is 0 Å². The molecule has 1 aliphatic carbocycles. The summed E-state index contributed by atoms with van der Waals surface area (Å²) in [6.07, 6.45) is 3.31. The molecular formula is C11H23NO3S. The molecular weight excluding hydrogens is 226 g/mol. The topological polar surface area (TPSA) is 69.4 Å². The predicted octanol–water partition coefficient (Wildman–Crippen LogP) is 0.809. The van der Waals surface area contributed by atoms with Crippen LogP contribution in [0.4, 0.5) is 0 Å². The molecule has 0 unspecified atom stereocenters. The van der Waals surface area contributed by atoms with Crippen molar-refractivity contribution in [3.63, 3.8) is 0 Å². The summed E-state index contributed by atoms with van der Waals surface area (Å²) in [5.41, 5.74) is 6.04. The van der Waals surface area contributed by atoms with Crippen molar-refractivity contribution in [1.82, 2.24) is 0 Å². The second kappa shape index (κ2) is 5.47. The first-order valence-corrected chi connectivity index (χ1v) is 7.90. The van der Waals surface area contributed by atoms with Gasteiger partial charge in [0, 0.05) is 12.3 Å². The Morgan fingerprint density at radius 2 is 1.94 bits per heavy atom. The molecule has 0 radical (unpaired) electrons. The Kier molecular flexibility index (Phi) is 4.76. The van der Waals surface area contributed by atoms with Crippen molar-refractivity contribution in [2.24, 2.45) is 17.6 Å². The minimum absolute atomic E-state index is 0.0120. The average molecular weight is 249 g/mol. The molecule has 4 atom stereocenters. The van der Waals surface area contributed by atoms with Gasteiger partial charge in [-0.3, -0.25) is 0 Å². The van der Waals surface area contributed by atoms with E-state index in [-0.39, 0.29) is 24.5 Å². The number of sulfone groups is 1. The van der Waals surface area contributed by atoms with E-state index in [2.05, 4.69) is 13.8 Å². The van der Waals surface area contributed by atoms with E-state index >= 15 is 0 Å². The molecule has 96 valence electrons. The van der Waals surface area contributed by atoms with E-state index in [9.17, 15) is 8.42 Å². The third-order valence-electron chi connectivity index (χ3n) is 3.20. The van der Waals surface area contributed by atoms with Crippen LogP contribution < -0.4 is 5.73 Å². The van der Waals surface area contributed by atoms with E-state index in [4.69, 9.17) is 10.5 Å². The van der Waals surface area contributed by atoms with Crippen LogP contribution in [-0.2, 0) is 14.6 Å². The first-order valence-electron chi connectivity index (χ1n) is 5.84. The molecule has 0 aromatic carbocycles. The predicted molar refractivity (Wildman–Crippen MR) is 65.0 cm³/mol. The molecule has 0 saturated heterocycles. The molecule has 1 saturated carbocycles. The second-order valence-electron chi connectivity index (χ2n) is 5.18. The zero-order valence-corrected chi connectivity index (χ0v) is 11.2. The van der Waals surface area contributed by atoms with Gasteiger partial charge in [0.15, 0.2) is 0 Å². The van der Waals surface area contributed by atoms with Gasteiger partial charge in [0.2, 0.25) is 0 Å². The van der Waals surface area contributed by atoms with E-state index in [0.717, 1.165) is 12.8 Å². The van der Waals surface area contributed by atoms with E-state index < -0.39 is 9.84 Å². The summed E-state index contributed by atoms with van der Waals surface area (Å²) in [6.45, 7) is 4.58. The number of nitrogens with two attached hydrogens (primary N) is 1. The van der Waals surface area contributed by atoms with E-state index in [1.165, 1.54) is 6.26 Å². The Morgan fingerprint density at radius 1 is 1.31 bits per heavy atom. The second-order valence-corrected chi connectivity index (χ2v) is 7.44. The van der Waals surface area contributed by atoms with Crippen LogP contribution in [0.25, 0.3) is 0 Å². The minimum atomic E-state index is -2.94. The maximum atomic E-state index is 11.0. The highest BCUT2D eigenvalue weighted by Gasteiger charge is 2.32. The van der Waals surface area contributed by atoms with Gasteiger partial charge in [0.1, 0.15) is 9.84 Å². The molecule has 5 heteroatoms. The molecule has 2 N–H and O–H groups in total. The van der Waals surface area contributed by atoms with Crippen LogP contribution in [0.1, 0.15) is 26.7 Å². The van der Waals surface area contributed by atoms with Gasteiger partial charge in [-0.25, -0.2) is 8.42 Å². The van der Waals surface area contributed by atoms with Gasteiger partial charge in [0.05, 0.1) is 18.5 Å². The van der Waals surface area contributed by atoms with Gasteiger partial charge in [-0.1, -0.05) is 13.8 Å². The van der Waals surface area contributed by atoms with Crippen molar-refractivity contribution < 1.29 is 13.2 Å². The number of hydrogen-bond acceptors (Lipinski definition) is 4. The molecule has 16 heavy (non-hydrogen) atoms. The molecule has 0 aromatic heterocycles. The lowest BCUT2D eigenvalue weighted by atomic mass is 9.78. The molecule has 1 rings (SSSR count). The molecule has 1 aliphatic rings. The summed E-state index contributed by atoms with van der Waals surface area (Å²) in [6, 6.07) is 0.0401. The fourth-order valence-electron chi connectivity index (χ4n) is 2.51. The Morgan fingerprint density at radius 3 is 2.44 bits per heavy atom. The molecule has 0 bridgehead atoms. The molecule has 0 spiro atoms. The zero-order chi connectivity index (χ0) is 12.3. The number of ether oxygens (including phenoxy) is 1. The highest BCUT2D eigenvalue weighted by atomic mass is 32.2. The van der Waals surface area contributed by atoms with Gasteiger partial charge in [-0.05, 0) is 24.7 Å². The zero-order valence-electron chi connectivity index (χ0n) is 10.3. The van der Waals surface area contributed by atoms with Gasteiger partial charge < -0.3 is 10.5 Å². The largest absolute Gasteiger partial charge is 0.375 e. The SMILES string of the molecule is C[C@H]1C[C@@H](N)[C@@H](OCCS(C)(=O)=O)[C@@H](C)C1. The quantitative estimate of drug-likeness (QED) is 0.800. The molecule has 0 heterocycles. The summed E-state index contributed by atoms with van der Waals surface area (Å²) in [5.74, 6) is 1.14. The Balaban J connectivity index is 2.41. The lowest BCUT2D eigenvalue weighted by Crippen LogP contribution is -2.46. The van der Waals surface area contributed by atoms with Crippen LogP contribution in [0.5, 0.6) is 0 Å². The summed E-state index contributed by atoms with van der Waals surface area (Å²) >= 11 is 0. The summed E-state index contributed by atoms with van der Waals surface area (Å²) < 4.78 is 27.6. The third-order valence-corrected chi connectivity index (χ3v) is 4.10. The van der Waals surface area contributed by atoms with E-state index in [1.807, 2.05) is 0 Å². The monoisotopic (exact) mass is 249 g/mol. The summed E-state index contributed by atoms with van der Waals surface area (Å²) in [5, 5.41) is 0. The maximum absolute atomic E-state index is 11.0. The van der Waals surface area contributed by atoms with Crippen molar-refractivity contribution >= 4 is 9.84 Å². The standard InChI is InChI=1S/C11H23NO3S/c1-8-6-9(2)11(10(12)7-8)15-4-5-16(3,13)14/h8-11H,4-7,12H2,1-3H3/t8-,9+,10-,11+/m1/s1. The summed E-state index contributed by atoms with van der Waals surface area (Å²) in [4.78, 5) is 0. The van der Waals surface area contributed by atoms with Crippen LogP contribution in [0.15, 0.2) is 0 Å². The van der Waals surface area contributed by atoms with Gasteiger partial charge in [-0.2, -0.15) is 0 Å². The van der Waals surface area contributed by atoms with Crippen LogP contribution in [0.2, 0.25) is 0 Å².